The second-order valence-corrected chi connectivity index (χ2v) is 11.1. The molecule has 2 aliphatic rings. The molecule has 0 bridgehead atoms. The van der Waals surface area contributed by atoms with Gasteiger partial charge in [0.15, 0.2) is 0 Å². The van der Waals surface area contributed by atoms with Gasteiger partial charge >= 0.3 is 0 Å². The van der Waals surface area contributed by atoms with Crippen LogP contribution < -0.4 is 16.5 Å². The molecule has 1 saturated heterocycles. The molecule has 4 atom stereocenters. The van der Waals surface area contributed by atoms with Crippen LogP contribution in [-0.2, 0) is 22.2 Å². The lowest BCUT2D eigenvalue weighted by atomic mass is 9.53. The third-order valence-corrected chi connectivity index (χ3v) is 8.03. The van der Waals surface area contributed by atoms with Crippen LogP contribution in [0.3, 0.4) is 0 Å². The predicted molar refractivity (Wildman–Crippen MR) is 156 cm³/mol. The van der Waals surface area contributed by atoms with Crippen molar-refractivity contribution in [3.63, 3.8) is 0 Å². The van der Waals surface area contributed by atoms with Crippen LogP contribution >= 0.6 is 0 Å². The highest BCUT2D eigenvalue weighted by Gasteiger charge is 2.48. The Balaban J connectivity index is 1.39. The van der Waals surface area contributed by atoms with Crippen molar-refractivity contribution < 1.29 is 19.2 Å². The normalized spacial score (nSPS) is 23.3. The van der Waals surface area contributed by atoms with Crippen LogP contribution in [0.2, 0.25) is 0 Å². The minimum absolute atomic E-state index is 0.0726. The molecular weight excluding hydrogens is 508 g/mol. The number of amides is 2. The van der Waals surface area contributed by atoms with E-state index in [9.17, 15) is 19.5 Å². The van der Waals surface area contributed by atoms with E-state index >= 15 is 0 Å². The van der Waals surface area contributed by atoms with Gasteiger partial charge in [0, 0.05) is 31.7 Å². The van der Waals surface area contributed by atoms with Crippen molar-refractivity contribution in [3.05, 3.63) is 70.2 Å². The SMILES string of the molecule is BBc1cc(C(C(=O)N2CC(O)CC2C2=NC(=O)C(C)(c3ccc(-c4cccc(=O)n4C)cc3)N2)C(C)C)on1. The summed E-state index contributed by atoms with van der Waals surface area (Å²) in [4.78, 5) is 45.2. The number of aliphatic hydroxyl groups is 1. The van der Waals surface area contributed by atoms with Crippen molar-refractivity contribution >= 4 is 38.2 Å². The first-order chi connectivity index (χ1) is 19.0. The van der Waals surface area contributed by atoms with Gasteiger partial charge in [-0.15, -0.1) is 0 Å². The lowest BCUT2D eigenvalue weighted by Crippen LogP contribution is -2.51. The number of carbonyl (C=O) groups is 2. The number of nitrogens with one attached hydrogen (secondary N) is 1. The fraction of sp³-hybridized carbons (Fsp3) is 0.393. The van der Waals surface area contributed by atoms with Crippen molar-refractivity contribution in [2.45, 2.75) is 50.8 Å². The molecule has 2 N–H and O–H groups in total. The summed E-state index contributed by atoms with van der Waals surface area (Å²) in [5.74, 6) is -0.364. The lowest BCUT2D eigenvalue weighted by molar-refractivity contribution is -0.134. The number of hydrogen-bond acceptors (Lipinski definition) is 7. The molecule has 40 heavy (non-hydrogen) atoms. The van der Waals surface area contributed by atoms with Crippen molar-refractivity contribution in [2.24, 2.45) is 18.0 Å². The maximum absolute atomic E-state index is 13.9. The van der Waals surface area contributed by atoms with Crippen LogP contribution in [0, 0.1) is 5.92 Å². The van der Waals surface area contributed by atoms with Gasteiger partial charge in [-0.3, -0.25) is 14.4 Å². The summed E-state index contributed by atoms with van der Waals surface area (Å²) in [5, 5.41) is 17.9. The Hall–Kier alpha value is -3.92. The molecule has 0 radical (unpaired) electrons. The average Bonchev–Trinajstić information content (AvgIpc) is 3.63. The zero-order chi connectivity index (χ0) is 28.8. The molecule has 206 valence electrons. The van der Waals surface area contributed by atoms with E-state index in [0.29, 0.717) is 24.3 Å². The highest BCUT2D eigenvalue weighted by molar-refractivity contribution is 6.97. The number of amidine groups is 1. The molecule has 1 fully saturated rings. The van der Waals surface area contributed by atoms with Crippen LogP contribution in [-0.4, -0.2) is 71.0 Å². The lowest BCUT2D eigenvalue weighted by Gasteiger charge is -2.31. The summed E-state index contributed by atoms with van der Waals surface area (Å²) in [6.07, 6.45) is -0.477. The molecule has 3 aromatic rings. The second kappa shape index (κ2) is 10.6. The molecule has 2 amide bonds. The molecule has 1 aromatic carbocycles. The predicted octanol–water partition coefficient (Wildman–Crippen LogP) is -0.205. The zero-order valence-corrected chi connectivity index (χ0v) is 23.4. The molecule has 4 heterocycles. The largest absolute Gasteiger partial charge is 0.391 e. The van der Waals surface area contributed by atoms with Crippen LogP contribution in [0.4, 0.5) is 0 Å². The van der Waals surface area contributed by atoms with Crippen LogP contribution in [0.5, 0.6) is 0 Å². The Labute approximate surface area is 234 Å². The van der Waals surface area contributed by atoms with Gasteiger partial charge in [-0.1, -0.05) is 49.3 Å². The van der Waals surface area contributed by atoms with Gasteiger partial charge < -0.3 is 24.4 Å². The van der Waals surface area contributed by atoms with Gasteiger partial charge in [0.1, 0.15) is 30.2 Å². The number of aliphatic hydroxyl groups excluding tert-OH is 1. The fourth-order valence-electron chi connectivity index (χ4n) is 5.61. The highest BCUT2D eigenvalue weighted by atomic mass is 16.5. The zero-order valence-electron chi connectivity index (χ0n) is 23.4. The highest BCUT2D eigenvalue weighted by Crippen LogP contribution is 2.34. The molecule has 2 aliphatic heterocycles. The summed E-state index contributed by atoms with van der Waals surface area (Å²) in [6, 6.07) is 13.7. The second-order valence-electron chi connectivity index (χ2n) is 11.1. The van der Waals surface area contributed by atoms with Gasteiger partial charge in [0.05, 0.1) is 25.6 Å². The monoisotopic (exact) mass is 541 g/mol. The first-order valence-corrected chi connectivity index (χ1v) is 13.7. The van der Waals surface area contributed by atoms with E-state index in [1.807, 2.05) is 58.0 Å². The summed E-state index contributed by atoms with van der Waals surface area (Å²) < 4.78 is 7.10. The Kier molecular flexibility index (Phi) is 7.31. The summed E-state index contributed by atoms with van der Waals surface area (Å²) in [6.45, 7) is 5.79. The number of aliphatic imine (C=N–C) groups is 1. The van der Waals surface area contributed by atoms with Gasteiger partial charge in [-0.05, 0) is 36.1 Å². The number of hydrogen-bond donors (Lipinski definition) is 2. The molecule has 0 aliphatic carbocycles. The number of nitrogens with zero attached hydrogens (tertiary/aromatic N) is 4. The van der Waals surface area contributed by atoms with E-state index in [2.05, 4.69) is 15.5 Å². The molecule has 2 aromatic heterocycles. The maximum Gasteiger partial charge on any atom is 0.277 e. The molecule has 0 spiro atoms. The van der Waals surface area contributed by atoms with E-state index in [1.165, 1.54) is 6.07 Å². The topological polar surface area (TPSA) is 130 Å². The standard InChI is InChI=1S/C28H33B2N5O5/c1-15(2)24(21-13-22(30-29)33-40-21)26(38)35-14-18(36)12-20(35)25-31-27(39)28(3,32-25)17-10-8-16(9-11-17)19-6-5-7-23(37)34(19)4/h5-11,13,15,18,20,24,30,36H,12,14,29H2,1-4H3,(H,31,32,39). The quantitative estimate of drug-likeness (QED) is 0.397. The van der Waals surface area contributed by atoms with Crippen molar-refractivity contribution in [1.29, 1.82) is 0 Å². The molecule has 4 unspecified atom stereocenters. The third kappa shape index (κ3) is 4.81. The van der Waals surface area contributed by atoms with E-state index in [0.717, 1.165) is 16.9 Å². The minimum atomic E-state index is -1.14. The molecule has 10 nitrogen and oxygen atoms in total. The van der Waals surface area contributed by atoms with E-state index in [-0.39, 0.29) is 36.3 Å². The fourth-order valence-corrected chi connectivity index (χ4v) is 5.61. The van der Waals surface area contributed by atoms with Crippen LogP contribution in [0.1, 0.15) is 44.4 Å². The number of carbonyl (C=O) groups excluding carboxylic acids is 2. The third-order valence-electron chi connectivity index (χ3n) is 8.03. The van der Waals surface area contributed by atoms with E-state index in [4.69, 9.17) is 4.52 Å². The first-order valence-electron chi connectivity index (χ1n) is 13.7. The Morgan fingerprint density at radius 1 is 1.23 bits per heavy atom. The number of likely N-dealkylation sites (tertiary alicyclic amines) is 1. The molecular formula is C28H33B2N5O5. The molecule has 12 heteroatoms. The number of benzene rings is 1. The van der Waals surface area contributed by atoms with E-state index < -0.39 is 23.6 Å². The van der Waals surface area contributed by atoms with Crippen molar-refractivity contribution in [1.82, 2.24) is 19.9 Å². The van der Waals surface area contributed by atoms with Gasteiger partial charge in [-0.2, -0.15) is 4.99 Å². The maximum atomic E-state index is 13.9. The number of rotatable bonds is 7. The van der Waals surface area contributed by atoms with Crippen molar-refractivity contribution in [2.75, 3.05) is 6.54 Å². The van der Waals surface area contributed by atoms with Crippen molar-refractivity contribution in [3.8, 4) is 11.3 Å². The van der Waals surface area contributed by atoms with Gasteiger partial charge in [0.25, 0.3) is 11.5 Å². The van der Waals surface area contributed by atoms with Crippen LogP contribution in [0.15, 0.2) is 62.8 Å². The van der Waals surface area contributed by atoms with E-state index in [1.54, 1.807) is 29.5 Å². The molecule has 0 saturated carbocycles. The Bertz CT molecular complexity index is 1530. The summed E-state index contributed by atoms with van der Waals surface area (Å²) in [7, 11) is 4.38. The Morgan fingerprint density at radius 3 is 2.60 bits per heavy atom. The average molecular weight is 541 g/mol. The minimum Gasteiger partial charge on any atom is -0.391 e. The number of aromatic nitrogens is 2. The number of β-amino-alcohol motifs (C(OH)–C–C–N with tert-alkyl or cyclic N) is 1. The Morgan fingerprint density at radius 2 is 1.95 bits per heavy atom. The smallest absolute Gasteiger partial charge is 0.277 e. The number of pyridine rings is 1. The first kappa shape index (κ1) is 27.6. The molecule has 5 rings (SSSR count). The van der Waals surface area contributed by atoms with Crippen LogP contribution in [0.25, 0.3) is 11.3 Å². The summed E-state index contributed by atoms with van der Waals surface area (Å²) >= 11 is 0. The van der Waals surface area contributed by atoms with Gasteiger partial charge in [0.2, 0.25) is 5.91 Å². The summed E-state index contributed by atoms with van der Waals surface area (Å²) in [5.41, 5.74) is 1.83. The van der Waals surface area contributed by atoms with Gasteiger partial charge in [-0.25, -0.2) is 0 Å².